The summed E-state index contributed by atoms with van der Waals surface area (Å²) in [5.74, 6) is 0.710. The van der Waals surface area contributed by atoms with E-state index in [0.29, 0.717) is 13.0 Å². The van der Waals surface area contributed by atoms with Gasteiger partial charge in [-0.05, 0) is 42.4 Å². The maximum atomic E-state index is 12.2. The van der Waals surface area contributed by atoms with Gasteiger partial charge in [-0.2, -0.15) is 0 Å². The van der Waals surface area contributed by atoms with Gasteiger partial charge in [0.1, 0.15) is 0 Å². The molecule has 4 heteroatoms. The Hall–Kier alpha value is -0.610. The van der Waals surface area contributed by atoms with Crippen LogP contribution in [0.4, 0.5) is 0 Å². The Kier molecular flexibility index (Phi) is 3.94. The van der Waals surface area contributed by atoms with Crippen molar-refractivity contribution in [1.29, 1.82) is 0 Å². The number of hydrogen-bond acceptors (Lipinski definition) is 3. The smallest absolute Gasteiger partial charge is 0.237 e. The monoisotopic (exact) mass is 268 g/mol. The van der Waals surface area contributed by atoms with Gasteiger partial charge in [0.05, 0.1) is 6.04 Å². The fourth-order valence-electron chi connectivity index (χ4n) is 4.29. The molecule has 1 amide bonds. The fraction of sp³-hybridized carbons (Fsp3) is 0.933. The van der Waals surface area contributed by atoms with Crippen LogP contribution < -0.4 is 11.1 Å². The van der Waals surface area contributed by atoms with E-state index in [1.165, 1.54) is 19.3 Å². The minimum absolute atomic E-state index is 0.0242. The van der Waals surface area contributed by atoms with Gasteiger partial charge >= 0.3 is 0 Å². The lowest BCUT2D eigenvalue weighted by atomic mass is 9.68. The lowest BCUT2D eigenvalue weighted by Crippen LogP contribution is -2.56. The van der Waals surface area contributed by atoms with Crippen LogP contribution in [0.1, 0.15) is 46.5 Å². The number of hydrogen-bond donors (Lipinski definition) is 2. The third-order valence-corrected chi connectivity index (χ3v) is 5.53. The molecular formula is C15H28N2O2. The molecule has 0 radical (unpaired) electrons. The van der Waals surface area contributed by atoms with E-state index in [4.69, 9.17) is 10.5 Å². The quantitative estimate of drug-likeness (QED) is 0.797. The summed E-state index contributed by atoms with van der Waals surface area (Å²) in [6.07, 6.45) is 4.33. The van der Waals surface area contributed by atoms with Crippen LogP contribution in [-0.2, 0) is 9.53 Å². The first-order chi connectivity index (χ1) is 8.81. The zero-order valence-electron chi connectivity index (χ0n) is 12.7. The van der Waals surface area contributed by atoms with Crippen molar-refractivity contribution in [3.8, 4) is 0 Å². The van der Waals surface area contributed by atoms with Crippen molar-refractivity contribution in [2.45, 2.75) is 58.5 Å². The van der Waals surface area contributed by atoms with Gasteiger partial charge in [0.15, 0.2) is 0 Å². The molecule has 4 unspecified atom stereocenters. The second-order valence-corrected chi connectivity index (χ2v) is 7.24. The average Bonchev–Trinajstić information content (AvgIpc) is 2.82. The van der Waals surface area contributed by atoms with Crippen molar-refractivity contribution in [2.75, 3.05) is 13.7 Å². The minimum Gasteiger partial charge on any atom is -0.385 e. The van der Waals surface area contributed by atoms with Crippen molar-refractivity contribution in [1.82, 2.24) is 5.32 Å². The van der Waals surface area contributed by atoms with Gasteiger partial charge in [-0.15, -0.1) is 0 Å². The molecule has 0 spiro atoms. The van der Waals surface area contributed by atoms with Gasteiger partial charge in [-0.3, -0.25) is 4.79 Å². The SMILES string of the molecule is COCCC(N)C(=O)NC1C2(C)CCC(C2)C1(C)C. The highest BCUT2D eigenvalue weighted by molar-refractivity contribution is 5.82. The van der Waals surface area contributed by atoms with Gasteiger partial charge in [-0.1, -0.05) is 20.8 Å². The summed E-state index contributed by atoms with van der Waals surface area (Å²) in [6.45, 7) is 7.41. The van der Waals surface area contributed by atoms with Crippen LogP contribution in [0.2, 0.25) is 0 Å². The van der Waals surface area contributed by atoms with E-state index in [9.17, 15) is 4.79 Å². The third-order valence-electron chi connectivity index (χ3n) is 5.53. The Bertz CT molecular complexity index is 351. The second-order valence-electron chi connectivity index (χ2n) is 7.24. The molecule has 110 valence electrons. The van der Waals surface area contributed by atoms with Gasteiger partial charge in [-0.25, -0.2) is 0 Å². The predicted molar refractivity (Wildman–Crippen MR) is 75.6 cm³/mol. The van der Waals surface area contributed by atoms with E-state index in [1.807, 2.05) is 0 Å². The standard InChI is InChI=1S/C15H28N2O2/c1-14(2)10-5-7-15(3,9-10)13(14)17-12(18)11(16)6-8-19-4/h10-11,13H,5-9,16H2,1-4H3,(H,17,18). The van der Waals surface area contributed by atoms with Gasteiger partial charge in [0, 0.05) is 19.8 Å². The molecule has 19 heavy (non-hydrogen) atoms. The maximum absolute atomic E-state index is 12.2. The minimum atomic E-state index is -0.460. The molecule has 0 aromatic heterocycles. The zero-order valence-corrected chi connectivity index (χ0v) is 12.7. The summed E-state index contributed by atoms with van der Waals surface area (Å²) in [4.78, 5) is 12.2. The molecule has 4 nitrogen and oxygen atoms in total. The van der Waals surface area contributed by atoms with Gasteiger partial charge < -0.3 is 15.8 Å². The Morgan fingerprint density at radius 1 is 1.47 bits per heavy atom. The lowest BCUT2D eigenvalue weighted by Gasteiger charge is -2.43. The van der Waals surface area contributed by atoms with E-state index in [-0.39, 0.29) is 22.8 Å². The summed E-state index contributed by atoms with van der Waals surface area (Å²) in [5.41, 5.74) is 6.36. The van der Waals surface area contributed by atoms with Crippen LogP contribution in [0.3, 0.4) is 0 Å². The number of nitrogens with two attached hydrogens (primary N) is 1. The molecule has 2 fully saturated rings. The van der Waals surface area contributed by atoms with Crippen molar-refractivity contribution < 1.29 is 9.53 Å². The molecule has 2 bridgehead atoms. The van der Waals surface area contributed by atoms with Crippen LogP contribution in [0.15, 0.2) is 0 Å². The van der Waals surface area contributed by atoms with Crippen molar-refractivity contribution in [3.05, 3.63) is 0 Å². The molecule has 0 saturated heterocycles. The Morgan fingerprint density at radius 3 is 2.68 bits per heavy atom. The summed E-state index contributed by atoms with van der Waals surface area (Å²) in [5, 5.41) is 3.23. The number of rotatable bonds is 5. The molecule has 0 aromatic carbocycles. The first-order valence-electron chi connectivity index (χ1n) is 7.36. The number of carbonyl (C=O) groups excluding carboxylic acids is 1. The molecule has 0 aliphatic heterocycles. The number of carbonyl (C=O) groups is 1. The summed E-state index contributed by atoms with van der Waals surface area (Å²) in [6, 6.07) is -0.210. The fourth-order valence-corrected chi connectivity index (χ4v) is 4.29. The van der Waals surface area contributed by atoms with Crippen molar-refractivity contribution in [3.63, 3.8) is 0 Å². The van der Waals surface area contributed by atoms with Crippen molar-refractivity contribution in [2.24, 2.45) is 22.5 Å². The van der Waals surface area contributed by atoms with E-state index in [0.717, 1.165) is 5.92 Å². The van der Waals surface area contributed by atoms with Crippen LogP contribution in [0, 0.1) is 16.7 Å². The van der Waals surface area contributed by atoms with Gasteiger partial charge in [0.2, 0.25) is 5.91 Å². The van der Waals surface area contributed by atoms with Crippen molar-refractivity contribution >= 4 is 5.91 Å². The number of ether oxygens (including phenoxy) is 1. The third kappa shape index (κ3) is 2.52. The molecule has 2 aliphatic rings. The molecule has 2 saturated carbocycles. The number of fused-ring (bicyclic) bond motifs is 2. The normalized spacial score (nSPS) is 37.3. The van der Waals surface area contributed by atoms with E-state index >= 15 is 0 Å². The molecule has 2 rings (SSSR count). The lowest BCUT2D eigenvalue weighted by molar-refractivity contribution is -0.125. The average molecular weight is 268 g/mol. The Labute approximate surface area is 116 Å². The number of amides is 1. The number of nitrogens with one attached hydrogen (secondary N) is 1. The molecule has 2 aliphatic carbocycles. The summed E-state index contributed by atoms with van der Waals surface area (Å²) in [7, 11) is 1.63. The van der Waals surface area contributed by atoms with Crippen LogP contribution in [0.5, 0.6) is 0 Å². The maximum Gasteiger partial charge on any atom is 0.237 e. The van der Waals surface area contributed by atoms with Crippen LogP contribution in [0.25, 0.3) is 0 Å². The molecule has 3 N–H and O–H groups in total. The Balaban J connectivity index is 2.00. The molecular weight excluding hydrogens is 240 g/mol. The Morgan fingerprint density at radius 2 is 2.16 bits per heavy atom. The highest BCUT2D eigenvalue weighted by atomic mass is 16.5. The highest BCUT2D eigenvalue weighted by Gasteiger charge is 2.59. The first-order valence-corrected chi connectivity index (χ1v) is 7.36. The number of methoxy groups -OCH3 is 1. The largest absolute Gasteiger partial charge is 0.385 e. The van der Waals surface area contributed by atoms with Gasteiger partial charge in [0.25, 0.3) is 0 Å². The summed E-state index contributed by atoms with van der Waals surface area (Å²) >= 11 is 0. The first kappa shape index (κ1) is 14.8. The highest BCUT2D eigenvalue weighted by Crippen LogP contribution is 2.62. The second kappa shape index (κ2) is 5.06. The molecule has 0 aromatic rings. The molecule has 0 heterocycles. The topological polar surface area (TPSA) is 64.3 Å². The van der Waals surface area contributed by atoms with E-state index in [1.54, 1.807) is 7.11 Å². The van der Waals surface area contributed by atoms with E-state index in [2.05, 4.69) is 26.1 Å². The van der Waals surface area contributed by atoms with Crippen LogP contribution in [-0.4, -0.2) is 31.7 Å². The zero-order chi connectivity index (χ0) is 14.3. The van der Waals surface area contributed by atoms with Crippen LogP contribution >= 0.6 is 0 Å². The van der Waals surface area contributed by atoms with E-state index < -0.39 is 6.04 Å². The predicted octanol–water partition coefficient (Wildman–Crippen LogP) is 1.68. The summed E-state index contributed by atoms with van der Waals surface area (Å²) < 4.78 is 4.98. The molecule has 4 atom stereocenters.